The Bertz CT molecular complexity index is 737. The third-order valence-electron chi connectivity index (χ3n) is 3.48. The van der Waals surface area contributed by atoms with Gasteiger partial charge in [-0.2, -0.15) is 5.26 Å². The lowest BCUT2D eigenvalue weighted by Crippen LogP contribution is -2.28. The average molecular weight is 279 g/mol. The monoisotopic (exact) mass is 279 g/mol. The van der Waals surface area contributed by atoms with Crippen LogP contribution in [0.4, 0.5) is 4.39 Å². The van der Waals surface area contributed by atoms with Crippen LogP contribution in [0.1, 0.15) is 28.7 Å². The van der Waals surface area contributed by atoms with Gasteiger partial charge in [0.15, 0.2) is 0 Å². The SMILES string of the molecule is C#CCC(O)(c1ccc(F)cc1)c1ccc(C#N)cc1C. The van der Waals surface area contributed by atoms with Crippen molar-refractivity contribution in [2.24, 2.45) is 0 Å². The topological polar surface area (TPSA) is 44.0 Å². The van der Waals surface area contributed by atoms with Gasteiger partial charge in [0, 0.05) is 6.42 Å². The number of hydrogen-bond acceptors (Lipinski definition) is 2. The number of halogens is 1. The summed E-state index contributed by atoms with van der Waals surface area (Å²) in [6, 6.07) is 12.7. The fraction of sp³-hybridized carbons (Fsp3) is 0.167. The Balaban J connectivity index is 2.60. The molecular formula is C18H14FNO. The van der Waals surface area contributed by atoms with Crippen molar-refractivity contribution >= 4 is 0 Å². The predicted molar refractivity (Wildman–Crippen MR) is 78.7 cm³/mol. The minimum Gasteiger partial charge on any atom is -0.379 e. The van der Waals surface area contributed by atoms with E-state index in [4.69, 9.17) is 11.7 Å². The molecule has 1 N–H and O–H groups in total. The second-order valence-corrected chi connectivity index (χ2v) is 4.89. The molecule has 0 spiro atoms. The van der Waals surface area contributed by atoms with Crippen molar-refractivity contribution in [3.05, 3.63) is 70.5 Å². The van der Waals surface area contributed by atoms with Gasteiger partial charge >= 0.3 is 0 Å². The minimum atomic E-state index is -1.40. The van der Waals surface area contributed by atoms with E-state index in [0.29, 0.717) is 16.7 Å². The molecule has 0 bridgehead atoms. The van der Waals surface area contributed by atoms with Crippen molar-refractivity contribution in [1.29, 1.82) is 5.26 Å². The van der Waals surface area contributed by atoms with Crippen LogP contribution in [0.25, 0.3) is 0 Å². The third-order valence-corrected chi connectivity index (χ3v) is 3.48. The van der Waals surface area contributed by atoms with Gasteiger partial charge in [0.25, 0.3) is 0 Å². The van der Waals surface area contributed by atoms with Gasteiger partial charge in [-0.25, -0.2) is 4.39 Å². The lowest BCUT2D eigenvalue weighted by molar-refractivity contribution is 0.0858. The lowest BCUT2D eigenvalue weighted by Gasteiger charge is -2.29. The summed E-state index contributed by atoms with van der Waals surface area (Å²) in [4.78, 5) is 0. The Labute approximate surface area is 123 Å². The summed E-state index contributed by atoms with van der Waals surface area (Å²) in [7, 11) is 0. The van der Waals surface area contributed by atoms with Crippen LogP contribution in [0.15, 0.2) is 42.5 Å². The van der Waals surface area contributed by atoms with Crippen LogP contribution in [0.3, 0.4) is 0 Å². The second-order valence-electron chi connectivity index (χ2n) is 4.89. The van der Waals surface area contributed by atoms with Crippen molar-refractivity contribution in [2.45, 2.75) is 18.9 Å². The van der Waals surface area contributed by atoms with Crippen LogP contribution in [0.5, 0.6) is 0 Å². The van der Waals surface area contributed by atoms with Gasteiger partial charge in [-0.15, -0.1) is 12.3 Å². The first-order valence-electron chi connectivity index (χ1n) is 6.44. The lowest BCUT2D eigenvalue weighted by atomic mass is 9.81. The molecule has 0 aliphatic carbocycles. The molecule has 0 heterocycles. The zero-order chi connectivity index (χ0) is 15.5. The van der Waals surface area contributed by atoms with E-state index in [2.05, 4.69) is 12.0 Å². The van der Waals surface area contributed by atoms with Crippen molar-refractivity contribution in [3.63, 3.8) is 0 Å². The van der Waals surface area contributed by atoms with Crippen LogP contribution in [0, 0.1) is 36.4 Å². The van der Waals surface area contributed by atoms with Crippen LogP contribution < -0.4 is 0 Å². The van der Waals surface area contributed by atoms with E-state index < -0.39 is 5.60 Å². The van der Waals surface area contributed by atoms with Gasteiger partial charge < -0.3 is 5.11 Å². The van der Waals surface area contributed by atoms with Crippen LogP contribution in [-0.2, 0) is 5.60 Å². The number of terminal acetylenes is 1. The second kappa shape index (κ2) is 5.79. The van der Waals surface area contributed by atoms with Crippen LogP contribution in [0.2, 0.25) is 0 Å². The quantitative estimate of drug-likeness (QED) is 0.876. The highest BCUT2D eigenvalue weighted by Crippen LogP contribution is 2.35. The molecule has 2 aromatic rings. The molecule has 0 aromatic heterocycles. The molecule has 21 heavy (non-hydrogen) atoms. The Hall–Kier alpha value is -2.62. The maximum absolute atomic E-state index is 13.1. The van der Waals surface area contributed by atoms with Gasteiger partial charge in [0.05, 0.1) is 11.6 Å². The number of nitrogens with zero attached hydrogens (tertiary/aromatic N) is 1. The zero-order valence-electron chi connectivity index (χ0n) is 11.6. The van der Waals surface area contributed by atoms with E-state index >= 15 is 0 Å². The summed E-state index contributed by atoms with van der Waals surface area (Å²) in [6.07, 6.45) is 5.45. The summed E-state index contributed by atoms with van der Waals surface area (Å²) in [5, 5.41) is 20.0. The molecule has 0 amide bonds. The van der Waals surface area contributed by atoms with Gasteiger partial charge in [-0.3, -0.25) is 0 Å². The molecule has 1 atom stereocenters. The average Bonchev–Trinajstić information content (AvgIpc) is 2.47. The Kier molecular flexibility index (Phi) is 4.08. The zero-order valence-corrected chi connectivity index (χ0v) is 11.6. The number of aryl methyl sites for hydroxylation is 1. The normalized spacial score (nSPS) is 13.0. The first kappa shape index (κ1) is 14.8. The summed E-state index contributed by atoms with van der Waals surface area (Å²) >= 11 is 0. The number of hydrogen-bond donors (Lipinski definition) is 1. The van der Waals surface area contributed by atoms with Crippen molar-refractivity contribution < 1.29 is 9.50 Å². The van der Waals surface area contributed by atoms with E-state index in [1.165, 1.54) is 24.3 Å². The highest BCUT2D eigenvalue weighted by molar-refractivity contribution is 5.45. The summed E-state index contributed by atoms with van der Waals surface area (Å²) in [5.74, 6) is 2.09. The van der Waals surface area contributed by atoms with Crippen molar-refractivity contribution in [3.8, 4) is 18.4 Å². The predicted octanol–water partition coefficient (Wildman–Crippen LogP) is 3.27. The Morgan fingerprint density at radius 3 is 2.43 bits per heavy atom. The van der Waals surface area contributed by atoms with Crippen LogP contribution in [-0.4, -0.2) is 5.11 Å². The molecule has 104 valence electrons. The molecule has 2 rings (SSSR count). The minimum absolute atomic E-state index is 0.0609. The maximum atomic E-state index is 13.1. The fourth-order valence-electron chi connectivity index (χ4n) is 2.42. The molecule has 0 radical (unpaired) electrons. The molecule has 0 saturated carbocycles. The van der Waals surface area contributed by atoms with Crippen molar-refractivity contribution in [2.75, 3.05) is 0 Å². The van der Waals surface area contributed by atoms with E-state index in [1.807, 2.05) is 0 Å². The van der Waals surface area contributed by atoms with Gasteiger partial charge in [-0.1, -0.05) is 18.2 Å². The van der Waals surface area contributed by atoms with Crippen molar-refractivity contribution in [1.82, 2.24) is 0 Å². The number of benzene rings is 2. The summed E-state index contributed by atoms with van der Waals surface area (Å²) in [6.45, 7) is 1.81. The largest absolute Gasteiger partial charge is 0.379 e. The van der Waals surface area contributed by atoms with Gasteiger partial charge in [-0.05, 0) is 47.9 Å². The molecule has 2 nitrogen and oxygen atoms in total. The maximum Gasteiger partial charge on any atom is 0.126 e. The molecule has 3 heteroatoms. The van der Waals surface area contributed by atoms with Gasteiger partial charge in [0.1, 0.15) is 11.4 Å². The highest BCUT2D eigenvalue weighted by Gasteiger charge is 2.32. The molecule has 0 fully saturated rings. The molecule has 0 aliphatic heterocycles. The Morgan fingerprint density at radius 1 is 1.24 bits per heavy atom. The van der Waals surface area contributed by atoms with E-state index in [1.54, 1.807) is 25.1 Å². The van der Waals surface area contributed by atoms with E-state index in [0.717, 1.165) is 5.56 Å². The summed E-state index contributed by atoms with van der Waals surface area (Å²) < 4.78 is 13.1. The Morgan fingerprint density at radius 2 is 1.90 bits per heavy atom. The van der Waals surface area contributed by atoms with Crippen LogP contribution >= 0.6 is 0 Å². The van der Waals surface area contributed by atoms with Gasteiger partial charge in [0.2, 0.25) is 0 Å². The third kappa shape index (κ3) is 2.79. The standard InChI is InChI=1S/C18H14FNO/c1-3-10-18(21,15-5-7-16(19)8-6-15)17-9-4-14(12-20)11-13(17)2/h1,4-9,11,21H,10H2,2H3. The summed E-state index contributed by atoms with van der Waals surface area (Å²) in [5.41, 5.74) is 1.01. The smallest absolute Gasteiger partial charge is 0.126 e. The van der Waals surface area contributed by atoms with E-state index in [9.17, 15) is 9.50 Å². The molecule has 1 unspecified atom stereocenters. The first-order valence-corrected chi connectivity index (χ1v) is 6.44. The van der Waals surface area contributed by atoms with E-state index in [-0.39, 0.29) is 12.2 Å². The number of aliphatic hydroxyl groups is 1. The highest BCUT2D eigenvalue weighted by atomic mass is 19.1. The fourth-order valence-corrected chi connectivity index (χ4v) is 2.42. The molecular weight excluding hydrogens is 265 g/mol. The molecule has 0 aliphatic rings. The number of nitriles is 1. The molecule has 2 aromatic carbocycles. The molecule has 0 saturated heterocycles. The number of rotatable bonds is 3. The first-order chi connectivity index (χ1) is 10.0.